The quantitative estimate of drug-likeness (QED) is 0.165. The molecular formula is C28H30F6N4O. The molecule has 0 saturated heterocycles. The first-order valence-electron chi connectivity index (χ1n) is 12.8. The summed E-state index contributed by atoms with van der Waals surface area (Å²) >= 11 is 0. The van der Waals surface area contributed by atoms with Crippen molar-refractivity contribution in [2.45, 2.75) is 63.6 Å². The van der Waals surface area contributed by atoms with E-state index >= 15 is 0 Å². The van der Waals surface area contributed by atoms with Gasteiger partial charge in [-0.05, 0) is 61.2 Å². The number of carbonyl (C=O) groups excluding carboxylic acids is 1. The van der Waals surface area contributed by atoms with E-state index in [4.69, 9.17) is 5.73 Å². The van der Waals surface area contributed by atoms with Crippen molar-refractivity contribution < 1.29 is 31.1 Å². The number of nitrogens with one attached hydrogen (secondary N) is 1. The molecule has 3 aromatic rings. The summed E-state index contributed by atoms with van der Waals surface area (Å²) in [7, 11) is 0. The Morgan fingerprint density at radius 3 is 2.26 bits per heavy atom. The third-order valence-corrected chi connectivity index (χ3v) is 7.12. The van der Waals surface area contributed by atoms with E-state index in [-0.39, 0.29) is 11.6 Å². The maximum atomic E-state index is 13.4. The molecule has 210 valence electrons. The van der Waals surface area contributed by atoms with Crippen LogP contribution in [0, 0.1) is 5.92 Å². The van der Waals surface area contributed by atoms with Gasteiger partial charge in [0.25, 0.3) is 0 Å². The molecule has 1 saturated carbocycles. The molecule has 1 atom stereocenters. The Labute approximate surface area is 222 Å². The summed E-state index contributed by atoms with van der Waals surface area (Å²) in [5, 5.41) is 4.02. The minimum Gasteiger partial charge on any atom is -0.351 e. The van der Waals surface area contributed by atoms with Gasteiger partial charge in [0.2, 0.25) is 0 Å². The molecule has 3 N–H and O–H groups in total. The number of amides is 2. The Morgan fingerprint density at radius 2 is 1.64 bits per heavy atom. The second-order valence-corrected chi connectivity index (χ2v) is 9.99. The predicted molar refractivity (Wildman–Crippen MR) is 135 cm³/mol. The van der Waals surface area contributed by atoms with Crippen LogP contribution in [-0.4, -0.2) is 22.5 Å². The number of rotatable bonds is 9. The molecule has 0 aliphatic heterocycles. The van der Waals surface area contributed by atoms with Gasteiger partial charge in [-0.3, -0.25) is 10.3 Å². The van der Waals surface area contributed by atoms with Gasteiger partial charge in [-0.1, -0.05) is 43.9 Å². The van der Waals surface area contributed by atoms with Crippen LogP contribution in [-0.2, 0) is 18.9 Å². The van der Waals surface area contributed by atoms with Gasteiger partial charge in [-0.15, -0.1) is 0 Å². The number of aromatic nitrogens is 1. The van der Waals surface area contributed by atoms with Gasteiger partial charge in [-0.25, -0.2) is 4.79 Å². The summed E-state index contributed by atoms with van der Waals surface area (Å²) in [6.45, 7) is -0.108. The van der Waals surface area contributed by atoms with E-state index in [1.54, 1.807) is 12.1 Å². The molecule has 2 aromatic carbocycles. The molecule has 39 heavy (non-hydrogen) atoms. The van der Waals surface area contributed by atoms with E-state index in [0.29, 0.717) is 35.7 Å². The summed E-state index contributed by atoms with van der Waals surface area (Å²) in [5.41, 5.74) is 3.62. The lowest BCUT2D eigenvalue weighted by Gasteiger charge is -2.32. The molecule has 0 spiro atoms. The number of hydrogen-bond donors (Lipinski definition) is 2. The van der Waals surface area contributed by atoms with Crippen LogP contribution in [0.5, 0.6) is 0 Å². The number of primary amides is 1. The Balaban J connectivity index is 1.66. The topological polar surface area (TPSA) is 71.2 Å². The predicted octanol–water partition coefficient (Wildman–Crippen LogP) is 7.41. The van der Waals surface area contributed by atoms with Gasteiger partial charge in [0.05, 0.1) is 16.6 Å². The van der Waals surface area contributed by atoms with Crippen LogP contribution in [0.15, 0.2) is 54.7 Å². The van der Waals surface area contributed by atoms with Crippen molar-refractivity contribution in [1.29, 1.82) is 0 Å². The monoisotopic (exact) mass is 552 g/mol. The fourth-order valence-electron chi connectivity index (χ4n) is 5.18. The number of pyridine rings is 1. The molecule has 11 heteroatoms. The smallest absolute Gasteiger partial charge is 0.351 e. The van der Waals surface area contributed by atoms with Crippen LogP contribution in [0.3, 0.4) is 0 Å². The van der Waals surface area contributed by atoms with E-state index in [1.165, 1.54) is 31.9 Å². The van der Waals surface area contributed by atoms with Crippen molar-refractivity contribution in [2.24, 2.45) is 11.7 Å². The van der Waals surface area contributed by atoms with Crippen molar-refractivity contribution >= 4 is 16.9 Å². The van der Waals surface area contributed by atoms with Crippen molar-refractivity contribution in [3.05, 3.63) is 77.0 Å². The van der Waals surface area contributed by atoms with Gasteiger partial charge in [0.1, 0.15) is 6.17 Å². The highest BCUT2D eigenvalue weighted by Crippen LogP contribution is 2.37. The number of hydrogen-bond acceptors (Lipinski definition) is 3. The van der Waals surface area contributed by atoms with Crippen LogP contribution < -0.4 is 11.1 Å². The molecule has 4 rings (SSSR count). The zero-order valence-electron chi connectivity index (χ0n) is 21.2. The lowest BCUT2D eigenvalue weighted by molar-refractivity contribution is -0.143. The molecule has 2 amide bonds. The molecular weight excluding hydrogens is 522 g/mol. The van der Waals surface area contributed by atoms with Crippen LogP contribution in [0.4, 0.5) is 31.1 Å². The van der Waals surface area contributed by atoms with E-state index in [1.807, 2.05) is 18.2 Å². The molecule has 1 aliphatic rings. The standard InChI is InChI=1S/C28H30F6N4O/c29-27(30,31)22-12-19(13-23(15-22)28(32,33)34)17-38(26(35)39)25(36-11-5-8-18-6-1-2-7-18)21-14-20-9-3-4-10-24(20)37-16-21/h3-4,9-10,12-16,18,25,36H,1-2,5-8,11,17H2,(H2,35,39). The van der Waals surface area contributed by atoms with Crippen molar-refractivity contribution in [3.8, 4) is 0 Å². The molecule has 1 fully saturated rings. The second-order valence-electron chi connectivity index (χ2n) is 9.99. The molecule has 1 aromatic heterocycles. The van der Waals surface area contributed by atoms with Crippen LogP contribution in [0.25, 0.3) is 10.9 Å². The van der Waals surface area contributed by atoms with Gasteiger partial charge in [-0.2, -0.15) is 26.3 Å². The minimum absolute atomic E-state index is 0.0596. The number of carbonyl (C=O) groups is 1. The van der Waals surface area contributed by atoms with Gasteiger partial charge >= 0.3 is 18.4 Å². The van der Waals surface area contributed by atoms with Gasteiger partial charge < -0.3 is 10.6 Å². The first-order chi connectivity index (χ1) is 18.4. The largest absolute Gasteiger partial charge is 0.416 e. The van der Waals surface area contributed by atoms with Crippen LogP contribution >= 0.6 is 0 Å². The van der Waals surface area contributed by atoms with E-state index in [0.717, 1.165) is 23.1 Å². The lowest BCUT2D eigenvalue weighted by atomic mass is 10.0. The fourth-order valence-corrected chi connectivity index (χ4v) is 5.18. The second kappa shape index (κ2) is 11.8. The fraction of sp³-hybridized carbons (Fsp3) is 0.429. The molecule has 5 nitrogen and oxygen atoms in total. The average molecular weight is 553 g/mol. The molecule has 1 heterocycles. The lowest BCUT2D eigenvalue weighted by Crippen LogP contribution is -2.45. The van der Waals surface area contributed by atoms with E-state index in [2.05, 4.69) is 10.3 Å². The normalized spacial score (nSPS) is 15.5. The van der Waals surface area contributed by atoms with Gasteiger partial charge in [0, 0.05) is 23.7 Å². The van der Waals surface area contributed by atoms with Crippen molar-refractivity contribution in [1.82, 2.24) is 15.2 Å². The first kappa shape index (κ1) is 28.7. The molecule has 0 radical (unpaired) electrons. The molecule has 1 unspecified atom stereocenters. The first-order valence-corrected chi connectivity index (χ1v) is 12.8. The Kier molecular flexibility index (Phi) is 8.68. The number of urea groups is 1. The summed E-state index contributed by atoms with van der Waals surface area (Å²) in [5.74, 6) is 0.630. The number of halogens is 6. The maximum Gasteiger partial charge on any atom is 0.416 e. The third kappa shape index (κ3) is 7.40. The van der Waals surface area contributed by atoms with Crippen LogP contribution in [0.1, 0.15) is 66.9 Å². The van der Waals surface area contributed by atoms with E-state index < -0.39 is 42.2 Å². The summed E-state index contributed by atoms with van der Waals surface area (Å²) < 4.78 is 80.7. The van der Waals surface area contributed by atoms with Crippen molar-refractivity contribution in [2.75, 3.05) is 6.54 Å². The highest BCUT2D eigenvalue weighted by atomic mass is 19.4. The summed E-state index contributed by atoms with van der Waals surface area (Å²) in [4.78, 5) is 18.1. The highest BCUT2D eigenvalue weighted by Gasteiger charge is 2.37. The van der Waals surface area contributed by atoms with Gasteiger partial charge in [0.15, 0.2) is 0 Å². The summed E-state index contributed by atoms with van der Waals surface area (Å²) in [6, 6.07) is 9.31. The van der Waals surface area contributed by atoms with E-state index in [9.17, 15) is 31.1 Å². The zero-order valence-corrected chi connectivity index (χ0v) is 21.2. The number of nitrogens with zero attached hydrogens (tertiary/aromatic N) is 2. The number of benzene rings is 2. The third-order valence-electron chi connectivity index (χ3n) is 7.12. The zero-order chi connectivity index (χ0) is 28.2. The molecule has 1 aliphatic carbocycles. The minimum atomic E-state index is -5.01. The maximum absolute atomic E-state index is 13.4. The Morgan fingerprint density at radius 1 is 1.00 bits per heavy atom. The summed E-state index contributed by atoms with van der Waals surface area (Å²) in [6.07, 6.45) is -2.89. The average Bonchev–Trinajstić information content (AvgIpc) is 3.40. The number of alkyl halides is 6. The Bertz CT molecular complexity index is 1250. The number of nitrogens with two attached hydrogens (primary N) is 1. The van der Waals surface area contributed by atoms with Crippen molar-refractivity contribution in [3.63, 3.8) is 0 Å². The van der Waals surface area contributed by atoms with Crippen LogP contribution in [0.2, 0.25) is 0 Å². The molecule has 0 bridgehead atoms. The SMILES string of the molecule is NC(=O)N(Cc1cc(C(F)(F)F)cc(C(F)(F)F)c1)C(NCCCC1CCCC1)c1cnc2ccccc2c1. The number of fused-ring (bicyclic) bond motifs is 1. The highest BCUT2D eigenvalue weighted by molar-refractivity contribution is 5.79. The Hall–Kier alpha value is -3.34. The number of para-hydroxylation sites is 1.